The molecule has 0 saturated heterocycles. The van der Waals surface area contributed by atoms with Gasteiger partial charge in [-0.1, -0.05) is 21.9 Å². The van der Waals surface area contributed by atoms with E-state index in [-0.39, 0.29) is 18.1 Å². The molecule has 1 aromatic carbocycles. The molecule has 0 radical (unpaired) electrons. The zero-order valence-corrected chi connectivity index (χ0v) is 18.6. The van der Waals surface area contributed by atoms with E-state index in [1.807, 2.05) is 35.9 Å². The molecule has 0 bridgehead atoms. The maximum absolute atomic E-state index is 12.4. The van der Waals surface area contributed by atoms with Gasteiger partial charge in [0.05, 0.1) is 23.7 Å². The third-order valence-corrected chi connectivity index (χ3v) is 9.32. The lowest BCUT2D eigenvalue weighted by Gasteiger charge is -2.20. The Morgan fingerprint density at radius 2 is 1.67 bits per heavy atom. The highest BCUT2D eigenvalue weighted by Gasteiger charge is 2.31. The van der Waals surface area contributed by atoms with Crippen LogP contribution in [-0.4, -0.2) is 47.9 Å². The molecule has 160 valence electrons. The van der Waals surface area contributed by atoms with Crippen molar-refractivity contribution in [3.8, 4) is 11.3 Å². The van der Waals surface area contributed by atoms with Gasteiger partial charge in [0.1, 0.15) is 0 Å². The van der Waals surface area contributed by atoms with Crippen molar-refractivity contribution in [1.82, 2.24) is 13.3 Å². The molecule has 3 rings (SSSR count). The van der Waals surface area contributed by atoms with Crippen LogP contribution in [0.15, 0.2) is 42.7 Å². The van der Waals surface area contributed by atoms with E-state index < -0.39 is 20.0 Å². The number of benzene rings is 1. The largest absolute Gasteiger partial charge is 0.343 e. The summed E-state index contributed by atoms with van der Waals surface area (Å²) in [6.07, 6.45) is 3.77. The second-order valence-corrected chi connectivity index (χ2v) is 11.4. The van der Waals surface area contributed by atoms with Crippen LogP contribution >= 0.6 is 0 Å². The normalized spacial score (nSPS) is 12.5. The van der Waals surface area contributed by atoms with E-state index in [9.17, 15) is 21.6 Å². The fourth-order valence-corrected chi connectivity index (χ4v) is 6.69. The highest BCUT2D eigenvalue weighted by molar-refractivity contribution is 8.03. The molecule has 0 fully saturated rings. The highest BCUT2D eigenvalue weighted by atomic mass is 32.3. The number of hydrogen-bond acceptors (Lipinski definition) is 6. The average Bonchev–Trinajstić information content (AvgIpc) is 3.04. The fraction of sp³-hybridized carbons (Fsp3) is 0.300. The molecule has 0 aliphatic carbocycles. The Balaban J connectivity index is 2.13. The first-order valence-electron chi connectivity index (χ1n) is 9.36. The molecule has 10 heteroatoms. The molecule has 3 aromatic rings. The number of rotatable bonds is 8. The maximum atomic E-state index is 12.4. The zero-order valence-electron chi connectivity index (χ0n) is 16.9. The topological polar surface area (TPSA) is 106 Å². The third kappa shape index (κ3) is 3.90. The predicted molar refractivity (Wildman–Crippen MR) is 116 cm³/mol. The SMILES string of the molecule is CCS(=O)(=O)N(Cc1cncc(-c2c(C=O)c3ccccc3n2C)c1)S(=O)(=O)CC. The summed E-state index contributed by atoms with van der Waals surface area (Å²) in [6, 6.07) is 9.13. The standard InChI is InChI=1S/C20H23N3O5S2/c1-4-29(25,26)23(30(27,28)5-2)13-15-10-16(12-21-11-15)20-18(14-24)17-8-6-7-9-19(17)22(20)3/h6-12,14H,4-5,13H2,1-3H3. The Hall–Kier alpha value is -2.56. The Kier molecular flexibility index (Phi) is 6.11. The van der Waals surface area contributed by atoms with Gasteiger partial charge in [0, 0.05) is 41.5 Å². The number of pyridine rings is 1. The molecule has 2 aromatic heterocycles. The molecular weight excluding hydrogens is 426 g/mol. The van der Waals surface area contributed by atoms with E-state index in [0.717, 1.165) is 17.2 Å². The summed E-state index contributed by atoms with van der Waals surface area (Å²) < 4.78 is 52.0. The van der Waals surface area contributed by atoms with Gasteiger partial charge in [0.15, 0.2) is 6.29 Å². The smallest absolute Gasteiger partial charge is 0.227 e. The number of carbonyl (C=O) groups excluding carboxylic acids is 1. The van der Waals surface area contributed by atoms with Crippen LogP contribution in [0.4, 0.5) is 0 Å². The molecule has 0 amide bonds. The second kappa shape index (κ2) is 8.29. The third-order valence-electron chi connectivity index (χ3n) is 4.99. The zero-order chi connectivity index (χ0) is 22.1. The molecule has 0 aliphatic heterocycles. The molecule has 2 heterocycles. The summed E-state index contributed by atoms with van der Waals surface area (Å²) in [5.74, 6) is -0.671. The second-order valence-electron chi connectivity index (χ2n) is 6.77. The van der Waals surface area contributed by atoms with Crippen molar-refractivity contribution in [2.75, 3.05) is 11.5 Å². The number of aromatic nitrogens is 2. The molecular formula is C20H23N3O5S2. The van der Waals surface area contributed by atoms with E-state index in [4.69, 9.17) is 0 Å². The number of para-hydroxylation sites is 1. The van der Waals surface area contributed by atoms with Crippen LogP contribution in [0.1, 0.15) is 29.8 Å². The van der Waals surface area contributed by atoms with Crippen molar-refractivity contribution in [3.05, 3.63) is 53.9 Å². The van der Waals surface area contributed by atoms with E-state index in [2.05, 4.69) is 4.98 Å². The first kappa shape index (κ1) is 22.1. The van der Waals surface area contributed by atoms with Gasteiger partial charge < -0.3 is 4.57 Å². The van der Waals surface area contributed by atoms with E-state index in [0.29, 0.717) is 26.1 Å². The van der Waals surface area contributed by atoms with Crippen molar-refractivity contribution in [3.63, 3.8) is 0 Å². The molecule has 0 atom stereocenters. The highest BCUT2D eigenvalue weighted by Crippen LogP contribution is 2.32. The van der Waals surface area contributed by atoms with E-state index >= 15 is 0 Å². The van der Waals surface area contributed by atoms with Crippen LogP contribution in [0.3, 0.4) is 0 Å². The molecule has 0 saturated carbocycles. The molecule has 8 nitrogen and oxygen atoms in total. The predicted octanol–water partition coefficient (Wildman–Crippen LogP) is 2.55. The number of hydrogen-bond donors (Lipinski definition) is 0. The van der Waals surface area contributed by atoms with Crippen LogP contribution in [0.25, 0.3) is 22.2 Å². The summed E-state index contributed by atoms with van der Waals surface area (Å²) in [5, 5.41) is 0.791. The quantitative estimate of drug-likeness (QED) is 0.489. The summed E-state index contributed by atoms with van der Waals surface area (Å²) in [4.78, 5) is 16.0. The molecule has 0 unspecified atom stereocenters. The Labute approximate surface area is 176 Å². The minimum Gasteiger partial charge on any atom is -0.343 e. The average molecular weight is 450 g/mol. The van der Waals surface area contributed by atoms with Gasteiger partial charge in [-0.2, -0.15) is 0 Å². The number of nitrogens with zero attached hydrogens (tertiary/aromatic N) is 3. The lowest BCUT2D eigenvalue weighted by Crippen LogP contribution is -2.38. The molecule has 0 N–H and O–H groups in total. The van der Waals surface area contributed by atoms with Crippen molar-refractivity contribution in [2.24, 2.45) is 7.05 Å². The van der Waals surface area contributed by atoms with Gasteiger partial charge in [0.25, 0.3) is 0 Å². The number of aryl methyl sites for hydroxylation is 1. The molecule has 0 spiro atoms. The van der Waals surface area contributed by atoms with E-state index in [1.54, 1.807) is 12.3 Å². The van der Waals surface area contributed by atoms with Gasteiger partial charge in [-0.3, -0.25) is 9.78 Å². The maximum Gasteiger partial charge on any atom is 0.227 e. The van der Waals surface area contributed by atoms with Crippen LogP contribution in [0, 0.1) is 0 Å². The number of carbonyl (C=O) groups is 1. The van der Waals surface area contributed by atoms with Crippen LogP contribution in [-0.2, 0) is 33.6 Å². The van der Waals surface area contributed by atoms with Gasteiger partial charge in [-0.15, -0.1) is 0 Å². The van der Waals surface area contributed by atoms with Crippen molar-refractivity contribution < 1.29 is 21.6 Å². The van der Waals surface area contributed by atoms with Crippen LogP contribution < -0.4 is 0 Å². The Bertz CT molecular complexity index is 1280. The van der Waals surface area contributed by atoms with Gasteiger partial charge in [-0.25, -0.2) is 16.8 Å². The summed E-state index contributed by atoms with van der Waals surface area (Å²) >= 11 is 0. The minimum absolute atomic E-state index is 0.335. The summed E-state index contributed by atoms with van der Waals surface area (Å²) in [5.41, 5.74) is 2.98. The van der Waals surface area contributed by atoms with Crippen LogP contribution in [0.2, 0.25) is 0 Å². The Morgan fingerprint density at radius 3 is 2.27 bits per heavy atom. The van der Waals surface area contributed by atoms with Gasteiger partial charge in [0.2, 0.25) is 20.0 Å². The van der Waals surface area contributed by atoms with Crippen molar-refractivity contribution in [1.29, 1.82) is 0 Å². The fourth-order valence-electron chi connectivity index (χ4n) is 3.40. The number of aldehydes is 1. The van der Waals surface area contributed by atoms with Gasteiger partial charge in [-0.05, 0) is 31.5 Å². The summed E-state index contributed by atoms with van der Waals surface area (Å²) in [6.45, 7) is 2.44. The lowest BCUT2D eigenvalue weighted by atomic mass is 10.1. The minimum atomic E-state index is -3.99. The Morgan fingerprint density at radius 1 is 1.03 bits per heavy atom. The van der Waals surface area contributed by atoms with Gasteiger partial charge >= 0.3 is 0 Å². The van der Waals surface area contributed by atoms with Crippen LogP contribution in [0.5, 0.6) is 0 Å². The van der Waals surface area contributed by atoms with E-state index in [1.165, 1.54) is 20.0 Å². The first-order valence-corrected chi connectivity index (χ1v) is 12.6. The van der Waals surface area contributed by atoms with Crippen molar-refractivity contribution in [2.45, 2.75) is 20.4 Å². The lowest BCUT2D eigenvalue weighted by molar-refractivity contribution is 0.112. The summed E-state index contributed by atoms with van der Waals surface area (Å²) in [7, 11) is -6.16. The monoisotopic (exact) mass is 449 g/mol. The first-order chi connectivity index (χ1) is 14.2. The molecule has 0 aliphatic rings. The number of fused-ring (bicyclic) bond motifs is 1. The molecule has 30 heavy (non-hydrogen) atoms. The number of sulfonamides is 2. The van der Waals surface area contributed by atoms with Crippen molar-refractivity contribution >= 4 is 37.2 Å².